The largest absolute Gasteiger partial charge is 0.300 e. The Morgan fingerprint density at radius 1 is 1.25 bits per heavy atom. The Kier molecular flexibility index (Phi) is 5.98. The van der Waals surface area contributed by atoms with Crippen LogP contribution in [0.2, 0.25) is 0 Å². The van der Waals surface area contributed by atoms with Gasteiger partial charge in [-0.25, -0.2) is 0 Å². The number of rotatable bonds is 4. The van der Waals surface area contributed by atoms with E-state index < -0.39 is 0 Å². The van der Waals surface area contributed by atoms with E-state index >= 15 is 0 Å². The Hall–Kier alpha value is -1.11. The van der Waals surface area contributed by atoms with Gasteiger partial charge in [0, 0.05) is 6.42 Å². The Balaban J connectivity index is 3.93. The highest BCUT2D eigenvalue weighted by Crippen LogP contribution is 1.98. The maximum atomic E-state index is 10.6. The fourth-order valence-corrected chi connectivity index (χ4v) is 0.691. The SMILES string of the molecule is C\C=C/C=C\C(C)=C\CC(C)=O. The second kappa shape index (κ2) is 6.59. The molecule has 0 aromatic heterocycles. The number of carbonyl (C=O) groups is 1. The summed E-state index contributed by atoms with van der Waals surface area (Å²) in [5.74, 6) is 0.203. The van der Waals surface area contributed by atoms with Crippen molar-refractivity contribution in [2.75, 3.05) is 0 Å². The van der Waals surface area contributed by atoms with E-state index in [9.17, 15) is 4.79 Å². The van der Waals surface area contributed by atoms with Crippen LogP contribution < -0.4 is 0 Å². The third kappa shape index (κ3) is 7.00. The first-order valence-electron chi connectivity index (χ1n) is 4.12. The van der Waals surface area contributed by atoms with E-state index in [-0.39, 0.29) is 5.78 Å². The van der Waals surface area contributed by atoms with Crippen molar-refractivity contribution in [2.45, 2.75) is 27.2 Å². The smallest absolute Gasteiger partial charge is 0.133 e. The topological polar surface area (TPSA) is 17.1 Å². The Labute approximate surface area is 74.5 Å². The molecule has 0 unspecified atom stereocenters. The molecule has 12 heavy (non-hydrogen) atoms. The van der Waals surface area contributed by atoms with Crippen LogP contribution >= 0.6 is 0 Å². The number of Topliss-reactive ketones (excluding diaryl/α,β-unsaturated/α-hetero) is 1. The van der Waals surface area contributed by atoms with Gasteiger partial charge in [0.05, 0.1) is 0 Å². The normalized spacial score (nSPS) is 13.1. The number of ketones is 1. The van der Waals surface area contributed by atoms with E-state index in [2.05, 4.69) is 0 Å². The molecule has 1 heteroatoms. The van der Waals surface area contributed by atoms with E-state index in [1.807, 2.05) is 44.2 Å². The maximum absolute atomic E-state index is 10.6. The second-order valence-electron chi connectivity index (χ2n) is 2.74. The lowest BCUT2D eigenvalue weighted by Crippen LogP contribution is -1.85. The van der Waals surface area contributed by atoms with Gasteiger partial charge < -0.3 is 0 Å². The summed E-state index contributed by atoms with van der Waals surface area (Å²) in [4.78, 5) is 10.6. The number of hydrogen-bond donors (Lipinski definition) is 0. The molecule has 0 amide bonds. The van der Waals surface area contributed by atoms with Crippen molar-refractivity contribution in [3.63, 3.8) is 0 Å². The minimum absolute atomic E-state index is 0.203. The van der Waals surface area contributed by atoms with Gasteiger partial charge in [-0.3, -0.25) is 4.79 Å². The van der Waals surface area contributed by atoms with Crippen molar-refractivity contribution >= 4 is 5.78 Å². The maximum Gasteiger partial charge on any atom is 0.133 e. The molecular weight excluding hydrogens is 148 g/mol. The lowest BCUT2D eigenvalue weighted by molar-refractivity contribution is -0.116. The van der Waals surface area contributed by atoms with E-state index in [0.29, 0.717) is 6.42 Å². The van der Waals surface area contributed by atoms with Gasteiger partial charge in [-0.05, 0) is 20.8 Å². The summed E-state index contributed by atoms with van der Waals surface area (Å²) in [6.45, 7) is 5.56. The van der Waals surface area contributed by atoms with E-state index in [4.69, 9.17) is 0 Å². The molecule has 0 N–H and O–H groups in total. The van der Waals surface area contributed by atoms with Crippen molar-refractivity contribution in [1.82, 2.24) is 0 Å². The summed E-state index contributed by atoms with van der Waals surface area (Å²) in [6, 6.07) is 0. The van der Waals surface area contributed by atoms with Crippen molar-refractivity contribution in [2.24, 2.45) is 0 Å². The predicted molar refractivity (Wildman–Crippen MR) is 53.0 cm³/mol. The van der Waals surface area contributed by atoms with Crippen LogP contribution in [0.5, 0.6) is 0 Å². The van der Waals surface area contributed by atoms with Gasteiger partial charge in [-0.2, -0.15) is 0 Å². The first kappa shape index (κ1) is 10.9. The van der Waals surface area contributed by atoms with E-state index in [0.717, 1.165) is 5.57 Å². The second-order valence-corrected chi connectivity index (χ2v) is 2.74. The van der Waals surface area contributed by atoms with Crippen LogP contribution in [0.1, 0.15) is 27.2 Å². The minimum Gasteiger partial charge on any atom is -0.300 e. The molecule has 0 aromatic carbocycles. The molecule has 66 valence electrons. The highest BCUT2D eigenvalue weighted by atomic mass is 16.1. The van der Waals surface area contributed by atoms with Gasteiger partial charge in [0.25, 0.3) is 0 Å². The predicted octanol–water partition coefficient (Wildman–Crippen LogP) is 3.04. The lowest BCUT2D eigenvalue weighted by Gasteiger charge is -1.89. The van der Waals surface area contributed by atoms with E-state index in [1.54, 1.807) is 6.92 Å². The van der Waals surface area contributed by atoms with Crippen LogP contribution in [-0.4, -0.2) is 5.78 Å². The molecule has 0 bridgehead atoms. The Morgan fingerprint density at radius 3 is 2.42 bits per heavy atom. The number of hydrogen-bond acceptors (Lipinski definition) is 1. The number of allylic oxidation sites excluding steroid dienone is 6. The molecule has 1 nitrogen and oxygen atoms in total. The van der Waals surface area contributed by atoms with Gasteiger partial charge in [-0.15, -0.1) is 0 Å². The molecule has 0 aliphatic rings. The molecule has 0 spiro atoms. The molecule has 0 rings (SSSR count). The average Bonchev–Trinajstić information content (AvgIpc) is 2.01. The standard InChI is InChI=1S/C11H16O/c1-4-5-6-7-10(2)8-9-11(3)12/h4-8H,9H2,1-3H3/b5-4-,7-6-,10-8+. The monoisotopic (exact) mass is 164 g/mol. The van der Waals surface area contributed by atoms with Crippen LogP contribution in [0, 0.1) is 0 Å². The zero-order chi connectivity index (χ0) is 9.40. The first-order valence-corrected chi connectivity index (χ1v) is 4.12. The van der Waals surface area contributed by atoms with Gasteiger partial charge in [0.1, 0.15) is 5.78 Å². The first-order chi connectivity index (χ1) is 5.66. The van der Waals surface area contributed by atoms with Gasteiger partial charge >= 0.3 is 0 Å². The molecule has 0 aliphatic carbocycles. The summed E-state index contributed by atoms with van der Waals surface area (Å²) >= 11 is 0. The summed E-state index contributed by atoms with van der Waals surface area (Å²) in [7, 11) is 0. The molecule has 0 atom stereocenters. The van der Waals surface area contributed by atoms with Crippen molar-refractivity contribution < 1.29 is 4.79 Å². The van der Waals surface area contributed by atoms with E-state index in [1.165, 1.54) is 0 Å². The average molecular weight is 164 g/mol. The summed E-state index contributed by atoms with van der Waals surface area (Å²) in [5.41, 5.74) is 1.13. The van der Waals surface area contributed by atoms with Crippen LogP contribution in [0.4, 0.5) is 0 Å². The highest BCUT2D eigenvalue weighted by molar-refractivity contribution is 5.77. The molecule has 0 saturated carbocycles. The fraction of sp³-hybridized carbons (Fsp3) is 0.364. The zero-order valence-corrected chi connectivity index (χ0v) is 8.00. The zero-order valence-electron chi connectivity index (χ0n) is 8.00. The molecular formula is C11H16O. The quantitative estimate of drug-likeness (QED) is 0.584. The van der Waals surface area contributed by atoms with Crippen LogP contribution in [0.25, 0.3) is 0 Å². The fourth-order valence-electron chi connectivity index (χ4n) is 0.691. The summed E-state index contributed by atoms with van der Waals surface area (Å²) < 4.78 is 0. The van der Waals surface area contributed by atoms with Crippen molar-refractivity contribution in [1.29, 1.82) is 0 Å². The molecule has 0 radical (unpaired) electrons. The lowest BCUT2D eigenvalue weighted by atomic mass is 10.2. The highest BCUT2D eigenvalue weighted by Gasteiger charge is 1.87. The van der Waals surface area contributed by atoms with Crippen LogP contribution in [-0.2, 0) is 4.79 Å². The third-order valence-electron chi connectivity index (χ3n) is 1.37. The minimum atomic E-state index is 0.203. The molecule has 0 aliphatic heterocycles. The molecule has 0 heterocycles. The van der Waals surface area contributed by atoms with Crippen LogP contribution in [0.15, 0.2) is 36.0 Å². The molecule has 0 saturated heterocycles. The molecule has 0 aromatic rings. The van der Waals surface area contributed by atoms with Crippen molar-refractivity contribution in [3.8, 4) is 0 Å². The number of carbonyl (C=O) groups excluding carboxylic acids is 1. The van der Waals surface area contributed by atoms with Crippen LogP contribution in [0.3, 0.4) is 0 Å². The van der Waals surface area contributed by atoms with Gasteiger partial charge in [-0.1, -0.05) is 36.0 Å². The summed E-state index contributed by atoms with van der Waals surface area (Å²) in [6.07, 6.45) is 10.4. The Bertz CT molecular complexity index is 219. The van der Waals surface area contributed by atoms with Gasteiger partial charge in [0.2, 0.25) is 0 Å². The summed E-state index contributed by atoms with van der Waals surface area (Å²) in [5, 5.41) is 0. The molecule has 0 fully saturated rings. The van der Waals surface area contributed by atoms with Crippen molar-refractivity contribution in [3.05, 3.63) is 36.0 Å². The van der Waals surface area contributed by atoms with Gasteiger partial charge in [0.15, 0.2) is 0 Å². The third-order valence-corrected chi connectivity index (χ3v) is 1.37. The Morgan fingerprint density at radius 2 is 1.92 bits per heavy atom.